The number of anilines is 1. The molecule has 0 unspecified atom stereocenters. The van der Waals surface area contributed by atoms with Crippen LogP contribution in [0.4, 0.5) is 5.82 Å². The topological polar surface area (TPSA) is 62.7 Å². The van der Waals surface area contributed by atoms with Crippen molar-refractivity contribution in [3.63, 3.8) is 0 Å². The molecule has 0 aromatic carbocycles. The van der Waals surface area contributed by atoms with Crippen molar-refractivity contribution in [2.75, 3.05) is 25.2 Å². The Labute approximate surface area is 107 Å². The SMILES string of the molecule is CCOC(=O)c1cccnc1N(C)C(C)(C)CO. The third-order valence-electron chi connectivity index (χ3n) is 2.89. The molecular weight excluding hydrogens is 232 g/mol. The molecule has 0 radical (unpaired) electrons. The molecule has 1 N–H and O–H groups in total. The van der Waals surface area contributed by atoms with Crippen molar-refractivity contribution in [1.82, 2.24) is 4.98 Å². The second-order valence-corrected chi connectivity index (χ2v) is 4.62. The molecule has 0 spiro atoms. The van der Waals surface area contributed by atoms with E-state index in [2.05, 4.69) is 4.98 Å². The number of esters is 1. The predicted molar refractivity (Wildman–Crippen MR) is 69.8 cm³/mol. The molecule has 0 amide bonds. The molecule has 100 valence electrons. The number of likely N-dealkylation sites (N-methyl/N-ethyl adjacent to an activating group) is 1. The van der Waals surface area contributed by atoms with E-state index in [1.165, 1.54) is 0 Å². The van der Waals surface area contributed by atoms with Gasteiger partial charge in [-0.05, 0) is 32.9 Å². The van der Waals surface area contributed by atoms with E-state index in [1.54, 1.807) is 37.2 Å². The Morgan fingerprint density at radius 2 is 2.22 bits per heavy atom. The van der Waals surface area contributed by atoms with Crippen molar-refractivity contribution in [3.8, 4) is 0 Å². The lowest BCUT2D eigenvalue weighted by Gasteiger charge is -2.35. The van der Waals surface area contributed by atoms with E-state index < -0.39 is 11.5 Å². The Kier molecular flexibility index (Phi) is 4.67. The molecule has 5 nitrogen and oxygen atoms in total. The number of carbonyl (C=O) groups excluding carboxylic acids is 1. The molecule has 1 rings (SSSR count). The Bertz CT molecular complexity index is 418. The van der Waals surface area contributed by atoms with Crippen LogP contribution in [0.3, 0.4) is 0 Å². The highest BCUT2D eigenvalue weighted by molar-refractivity contribution is 5.94. The van der Waals surface area contributed by atoms with Gasteiger partial charge in [0.15, 0.2) is 0 Å². The highest BCUT2D eigenvalue weighted by Gasteiger charge is 2.27. The largest absolute Gasteiger partial charge is 0.462 e. The first-order chi connectivity index (χ1) is 8.44. The molecule has 1 aromatic rings. The van der Waals surface area contributed by atoms with Crippen molar-refractivity contribution in [2.45, 2.75) is 26.3 Å². The smallest absolute Gasteiger partial charge is 0.341 e. The number of ether oxygens (including phenoxy) is 1. The maximum Gasteiger partial charge on any atom is 0.341 e. The number of nitrogens with zero attached hydrogens (tertiary/aromatic N) is 2. The summed E-state index contributed by atoms with van der Waals surface area (Å²) in [6.07, 6.45) is 1.61. The van der Waals surface area contributed by atoms with E-state index in [0.29, 0.717) is 18.0 Å². The molecule has 0 aliphatic carbocycles. The quantitative estimate of drug-likeness (QED) is 0.804. The van der Waals surface area contributed by atoms with Crippen LogP contribution in [-0.4, -0.2) is 41.9 Å². The van der Waals surface area contributed by atoms with Crippen molar-refractivity contribution in [2.24, 2.45) is 0 Å². The van der Waals surface area contributed by atoms with E-state index in [4.69, 9.17) is 4.74 Å². The zero-order valence-corrected chi connectivity index (χ0v) is 11.3. The zero-order valence-electron chi connectivity index (χ0n) is 11.3. The number of hydrogen-bond acceptors (Lipinski definition) is 5. The molecule has 18 heavy (non-hydrogen) atoms. The number of hydrogen-bond donors (Lipinski definition) is 1. The van der Waals surface area contributed by atoms with Crippen molar-refractivity contribution >= 4 is 11.8 Å². The number of aliphatic hydroxyl groups is 1. The van der Waals surface area contributed by atoms with E-state index in [0.717, 1.165) is 0 Å². The van der Waals surface area contributed by atoms with Crippen LogP contribution in [-0.2, 0) is 4.74 Å². The fourth-order valence-corrected chi connectivity index (χ4v) is 1.43. The van der Waals surface area contributed by atoms with Gasteiger partial charge >= 0.3 is 5.97 Å². The summed E-state index contributed by atoms with van der Waals surface area (Å²) in [6, 6.07) is 3.36. The molecule has 0 bridgehead atoms. The average Bonchev–Trinajstić information content (AvgIpc) is 2.38. The molecule has 0 saturated carbocycles. The molecule has 0 fully saturated rings. The van der Waals surface area contributed by atoms with Gasteiger partial charge in [-0.2, -0.15) is 0 Å². The summed E-state index contributed by atoms with van der Waals surface area (Å²) in [4.78, 5) is 17.8. The minimum Gasteiger partial charge on any atom is -0.462 e. The predicted octanol–water partition coefficient (Wildman–Crippen LogP) is 1.47. The van der Waals surface area contributed by atoms with Gasteiger partial charge in [-0.25, -0.2) is 9.78 Å². The summed E-state index contributed by atoms with van der Waals surface area (Å²) in [5.74, 6) is 0.108. The summed E-state index contributed by atoms with van der Waals surface area (Å²) in [7, 11) is 1.79. The minimum atomic E-state index is -0.504. The number of pyridine rings is 1. The van der Waals surface area contributed by atoms with Crippen LogP contribution in [0.15, 0.2) is 18.3 Å². The highest BCUT2D eigenvalue weighted by atomic mass is 16.5. The van der Waals surface area contributed by atoms with Crippen LogP contribution in [0.1, 0.15) is 31.1 Å². The monoisotopic (exact) mass is 252 g/mol. The molecule has 5 heteroatoms. The lowest BCUT2D eigenvalue weighted by atomic mass is 10.0. The second kappa shape index (κ2) is 5.82. The van der Waals surface area contributed by atoms with Crippen molar-refractivity contribution in [1.29, 1.82) is 0 Å². The standard InChI is InChI=1S/C13H20N2O3/c1-5-18-12(17)10-7-6-8-14-11(10)15(4)13(2,3)9-16/h6-8,16H,5,9H2,1-4H3. The molecule has 0 atom stereocenters. The van der Waals surface area contributed by atoms with E-state index in [-0.39, 0.29) is 6.61 Å². The summed E-state index contributed by atoms with van der Waals surface area (Å²) >= 11 is 0. The molecule has 1 aromatic heterocycles. The zero-order chi connectivity index (χ0) is 13.8. The number of rotatable bonds is 5. The summed E-state index contributed by atoms with van der Waals surface area (Å²) in [5, 5.41) is 9.37. The van der Waals surface area contributed by atoms with Gasteiger partial charge in [0.2, 0.25) is 0 Å². The molecule has 1 heterocycles. The van der Waals surface area contributed by atoms with Crippen LogP contribution >= 0.6 is 0 Å². The Hall–Kier alpha value is -1.62. The molecule has 0 aliphatic heterocycles. The van der Waals surface area contributed by atoms with E-state index >= 15 is 0 Å². The van der Waals surface area contributed by atoms with Gasteiger partial charge in [-0.15, -0.1) is 0 Å². The van der Waals surface area contributed by atoms with Crippen LogP contribution in [0, 0.1) is 0 Å². The lowest BCUT2D eigenvalue weighted by molar-refractivity contribution is 0.0526. The Morgan fingerprint density at radius 3 is 2.78 bits per heavy atom. The van der Waals surface area contributed by atoms with Gasteiger partial charge in [-0.3, -0.25) is 0 Å². The molecular formula is C13H20N2O3. The van der Waals surface area contributed by atoms with Gasteiger partial charge in [0.1, 0.15) is 11.4 Å². The fourth-order valence-electron chi connectivity index (χ4n) is 1.43. The van der Waals surface area contributed by atoms with Crippen molar-refractivity contribution < 1.29 is 14.6 Å². The van der Waals surface area contributed by atoms with Crippen molar-refractivity contribution in [3.05, 3.63) is 23.9 Å². The fraction of sp³-hybridized carbons (Fsp3) is 0.538. The molecule has 0 saturated heterocycles. The van der Waals surface area contributed by atoms with Crippen LogP contribution in [0.25, 0.3) is 0 Å². The van der Waals surface area contributed by atoms with Crippen LogP contribution in [0.2, 0.25) is 0 Å². The summed E-state index contributed by atoms with van der Waals surface area (Å²) in [6.45, 7) is 5.78. The maximum absolute atomic E-state index is 11.8. The maximum atomic E-state index is 11.8. The Morgan fingerprint density at radius 1 is 1.56 bits per heavy atom. The normalized spacial score (nSPS) is 11.2. The first kappa shape index (κ1) is 14.4. The third-order valence-corrected chi connectivity index (χ3v) is 2.89. The first-order valence-electron chi connectivity index (χ1n) is 5.91. The van der Waals surface area contributed by atoms with Gasteiger partial charge < -0.3 is 14.7 Å². The summed E-state index contributed by atoms with van der Waals surface area (Å²) in [5.41, 5.74) is -0.0985. The lowest BCUT2D eigenvalue weighted by Crippen LogP contribution is -2.45. The van der Waals surface area contributed by atoms with Gasteiger partial charge in [0.05, 0.1) is 18.8 Å². The first-order valence-corrected chi connectivity index (χ1v) is 5.91. The van der Waals surface area contributed by atoms with Gasteiger partial charge in [0, 0.05) is 13.2 Å². The average molecular weight is 252 g/mol. The molecule has 0 aliphatic rings. The Balaban J connectivity index is 3.13. The van der Waals surface area contributed by atoms with Crippen LogP contribution in [0.5, 0.6) is 0 Å². The number of aliphatic hydroxyl groups excluding tert-OH is 1. The van der Waals surface area contributed by atoms with E-state index in [9.17, 15) is 9.90 Å². The summed E-state index contributed by atoms with van der Waals surface area (Å²) < 4.78 is 5.00. The van der Waals surface area contributed by atoms with Gasteiger partial charge in [-0.1, -0.05) is 0 Å². The second-order valence-electron chi connectivity index (χ2n) is 4.62. The minimum absolute atomic E-state index is 0.0393. The van der Waals surface area contributed by atoms with Gasteiger partial charge in [0.25, 0.3) is 0 Å². The number of aromatic nitrogens is 1. The van der Waals surface area contributed by atoms with E-state index in [1.807, 2.05) is 13.8 Å². The highest BCUT2D eigenvalue weighted by Crippen LogP contribution is 2.24. The third kappa shape index (κ3) is 2.98. The van der Waals surface area contributed by atoms with Crippen LogP contribution < -0.4 is 4.90 Å². The number of carbonyl (C=O) groups is 1.